The van der Waals surface area contributed by atoms with Crippen LogP contribution in [-0.4, -0.2) is 27.1 Å². The van der Waals surface area contributed by atoms with Crippen molar-refractivity contribution < 1.29 is 24.7 Å². The smallest absolute Gasteiger partial charge is 0.331 e. The van der Waals surface area contributed by atoms with Gasteiger partial charge in [0.2, 0.25) is 0 Å². The van der Waals surface area contributed by atoms with Gasteiger partial charge in [-0.25, -0.2) is 4.79 Å². The van der Waals surface area contributed by atoms with Crippen molar-refractivity contribution in [3.63, 3.8) is 0 Å². The van der Waals surface area contributed by atoms with Crippen LogP contribution in [0.1, 0.15) is 12.5 Å². The Kier molecular flexibility index (Phi) is 4.75. The third-order valence-corrected chi connectivity index (χ3v) is 4.58. The SMILES string of the molecule is CC1C(C(=O)O)=CC=CC1(Cc1ccc(Cl)c([N+](=O)[O-])c1)C(=O)O. The van der Waals surface area contributed by atoms with E-state index in [1.54, 1.807) is 0 Å². The molecule has 0 saturated carbocycles. The van der Waals surface area contributed by atoms with Gasteiger partial charge >= 0.3 is 11.9 Å². The lowest BCUT2D eigenvalue weighted by atomic mass is 9.66. The van der Waals surface area contributed by atoms with E-state index in [1.807, 2.05) is 0 Å². The topological polar surface area (TPSA) is 118 Å². The van der Waals surface area contributed by atoms with Crippen molar-refractivity contribution in [2.75, 3.05) is 0 Å². The van der Waals surface area contributed by atoms with Crippen molar-refractivity contribution in [1.29, 1.82) is 0 Å². The number of allylic oxidation sites excluding steroid dienone is 2. The highest BCUT2D eigenvalue weighted by molar-refractivity contribution is 6.32. The third-order valence-electron chi connectivity index (χ3n) is 4.26. The van der Waals surface area contributed by atoms with Crippen molar-refractivity contribution in [2.45, 2.75) is 13.3 Å². The molecule has 0 aromatic heterocycles. The number of carboxylic acid groups (broad SMARTS) is 2. The van der Waals surface area contributed by atoms with Gasteiger partial charge in [0.25, 0.3) is 5.69 Å². The lowest BCUT2D eigenvalue weighted by molar-refractivity contribution is -0.384. The molecule has 0 amide bonds. The molecule has 1 aromatic carbocycles. The Hall–Kier alpha value is -2.67. The maximum absolute atomic E-state index is 11.9. The van der Waals surface area contributed by atoms with E-state index in [1.165, 1.54) is 43.4 Å². The summed E-state index contributed by atoms with van der Waals surface area (Å²) >= 11 is 5.77. The Bertz CT molecular complexity index is 785. The highest BCUT2D eigenvalue weighted by Crippen LogP contribution is 2.41. The maximum atomic E-state index is 11.9. The summed E-state index contributed by atoms with van der Waals surface area (Å²) in [6.45, 7) is 1.52. The number of nitrogens with zero attached hydrogens (tertiary/aromatic N) is 1. The molecule has 24 heavy (non-hydrogen) atoms. The first kappa shape index (κ1) is 17.7. The lowest BCUT2D eigenvalue weighted by Crippen LogP contribution is -2.41. The Morgan fingerprint density at radius 2 is 2.04 bits per heavy atom. The summed E-state index contributed by atoms with van der Waals surface area (Å²) in [5, 5.41) is 29.9. The predicted octanol–water partition coefficient (Wildman–Crippen LogP) is 3.08. The summed E-state index contributed by atoms with van der Waals surface area (Å²) in [5.74, 6) is -3.21. The predicted molar refractivity (Wildman–Crippen MR) is 85.9 cm³/mol. The number of carboxylic acids is 2. The van der Waals surface area contributed by atoms with E-state index in [2.05, 4.69) is 0 Å². The summed E-state index contributed by atoms with van der Waals surface area (Å²) in [7, 11) is 0. The Balaban J connectivity index is 2.48. The fraction of sp³-hybridized carbons (Fsp3) is 0.250. The standard InChI is InChI=1S/C16H14ClNO6/c1-9-11(14(19)20)3-2-6-16(9,15(21)22)8-10-4-5-12(17)13(7-10)18(23)24/h2-7,9H,8H2,1H3,(H,19,20)(H,21,22). The quantitative estimate of drug-likeness (QED) is 0.621. The van der Waals surface area contributed by atoms with Gasteiger partial charge in [-0.05, 0) is 18.1 Å². The maximum Gasteiger partial charge on any atom is 0.331 e. The van der Waals surface area contributed by atoms with Crippen LogP contribution in [-0.2, 0) is 16.0 Å². The van der Waals surface area contributed by atoms with Gasteiger partial charge in [0.05, 0.1) is 10.3 Å². The molecule has 0 heterocycles. The second-order valence-electron chi connectivity index (χ2n) is 5.57. The number of carbonyl (C=O) groups is 2. The molecule has 2 atom stereocenters. The molecule has 0 spiro atoms. The lowest BCUT2D eigenvalue weighted by Gasteiger charge is -2.35. The van der Waals surface area contributed by atoms with Crippen LogP contribution in [0, 0.1) is 21.4 Å². The highest BCUT2D eigenvalue weighted by Gasteiger charge is 2.46. The molecule has 1 aromatic rings. The van der Waals surface area contributed by atoms with Crippen molar-refractivity contribution in [2.24, 2.45) is 11.3 Å². The van der Waals surface area contributed by atoms with Crippen molar-refractivity contribution in [3.05, 3.63) is 62.7 Å². The fourth-order valence-corrected chi connectivity index (χ4v) is 3.02. The van der Waals surface area contributed by atoms with E-state index in [0.717, 1.165) is 0 Å². The number of benzene rings is 1. The minimum atomic E-state index is -1.51. The molecule has 1 aliphatic rings. The number of hydrogen-bond acceptors (Lipinski definition) is 4. The molecule has 0 bridgehead atoms. The average Bonchev–Trinajstić information content (AvgIpc) is 2.50. The highest BCUT2D eigenvalue weighted by atomic mass is 35.5. The molecule has 0 radical (unpaired) electrons. The summed E-state index contributed by atoms with van der Waals surface area (Å²) in [6.07, 6.45) is 4.08. The van der Waals surface area contributed by atoms with Crippen molar-refractivity contribution in [3.8, 4) is 0 Å². The molecule has 0 aliphatic heterocycles. The monoisotopic (exact) mass is 351 g/mol. The number of halogens is 1. The van der Waals surface area contributed by atoms with Crippen LogP contribution in [0.5, 0.6) is 0 Å². The summed E-state index contributed by atoms with van der Waals surface area (Å²) in [6, 6.07) is 4.04. The molecule has 1 aliphatic carbocycles. The number of aliphatic carboxylic acids is 2. The zero-order valence-electron chi connectivity index (χ0n) is 12.6. The van der Waals surface area contributed by atoms with E-state index in [4.69, 9.17) is 11.6 Å². The molecular weight excluding hydrogens is 338 g/mol. The molecule has 126 valence electrons. The van der Waals surface area contributed by atoms with Gasteiger partial charge in [-0.15, -0.1) is 0 Å². The van der Waals surface area contributed by atoms with Gasteiger partial charge in [-0.2, -0.15) is 0 Å². The Labute approximate surface area is 142 Å². The first-order valence-electron chi connectivity index (χ1n) is 6.98. The van der Waals surface area contributed by atoms with Crippen LogP contribution < -0.4 is 0 Å². The van der Waals surface area contributed by atoms with Crippen LogP contribution in [0.3, 0.4) is 0 Å². The van der Waals surface area contributed by atoms with Crippen LogP contribution in [0.4, 0.5) is 5.69 Å². The van der Waals surface area contributed by atoms with E-state index < -0.39 is 28.2 Å². The fourth-order valence-electron chi connectivity index (χ4n) is 2.84. The second-order valence-corrected chi connectivity index (χ2v) is 5.98. The van der Waals surface area contributed by atoms with E-state index in [9.17, 15) is 29.9 Å². The second kappa shape index (κ2) is 6.45. The van der Waals surface area contributed by atoms with E-state index in [0.29, 0.717) is 5.56 Å². The minimum absolute atomic E-state index is 0.0247. The molecule has 0 saturated heterocycles. The van der Waals surface area contributed by atoms with E-state index in [-0.39, 0.29) is 22.7 Å². The number of rotatable bonds is 5. The van der Waals surface area contributed by atoms with Gasteiger partial charge in [0.15, 0.2) is 0 Å². The first-order chi connectivity index (χ1) is 11.2. The van der Waals surface area contributed by atoms with Gasteiger partial charge in [0.1, 0.15) is 5.02 Å². The van der Waals surface area contributed by atoms with Crippen LogP contribution in [0.2, 0.25) is 5.02 Å². The Morgan fingerprint density at radius 1 is 1.38 bits per heavy atom. The average molecular weight is 352 g/mol. The molecule has 8 heteroatoms. The largest absolute Gasteiger partial charge is 0.481 e. The van der Waals surface area contributed by atoms with E-state index >= 15 is 0 Å². The first-order valence-corrected chi connectivity index (χ1v) is 7.36. The molecule has 2 unspecified atom stereocenters. The van der Waals surface area contributed by atoms with Crippen LogP contribution in [0.15, 0.2) is 42.0 Å². The van der Waals surface area contributed by atoms with Crippen molar-refractivity contribution >= 4 is 29.2 Å². The number of nitro benzene ring substituents is 1. The van der Waals surface area contributed by atoms with Crippen LogP contribution in [0.25, 0.3) is 0 Å². The zero-order valence-corrected chi connectivity index (χ0v) is 13.4. The number of nitro groups is 1. The molecular formula is C16H14ClNO6. The normalized spacial score (nSPS) is 22.8. The molecule has 7 nitrogen and oxygen atoms in total. The van der Waals surface area contributed by atoms with Gasteiger partial charge in [-0.1, -0.05) is 42.8 Å². The molecule has 0 fully saturated rings. The van der Waals surface area contributed by atoms with Crippen LogP contribution >= 0.6 is 11.6 Å². The summed E-state index contributed by atoms with van der Waals surface area (Å²) in [4.78, 5) is 33.6. The Morgan fingerprint density at radius 3 is 2.58 bits per heavy atom. The molecule has 2 N–H and O–H groups in total. The zero-order chi connectivity index (χ0) is 18.1. The van der Waals surface area contributed by atoms with Gasteiger partial charge < -0.3 is 10.2 Å². The number of hydrogen-bond donors (Lipinski definition) is 2. The third kappa shape index (κ3) is 3.03. The van der Waals surface area contributed by atoms with Gasteiger partial charge in [-0.3, -0.25) is 14.9 Å². The summed E-state index contributed by atoms with van der Waals surface area (Å²) < 4.78 is 0. The van der Waals surface area contributed by atoms with Gasteiger partial charge in [0, 0.05) is 17.6 Å². The summed E-state index contributed by atoms with van der Waals surface area (Å²) in [5.41, 5.74) is -1.47. The minimum Gasteiger partial charge on any atom is -0.481 e. The molecule has 2 rings (SSSR count). The van der Waals surface area contributed by atoms with Crippen molar-refractivity contribution in [1.82, 2.24) is 0 Å².